The molecule has 2 heterocycles. The summed E-state index contributed by atoms with van der Waals surface area (Å²) in [6.45, 7) is 3.60. The number of aromatic nitrogens is 7. The fourth-order valence-electron chi connectivity index (χ4n) is 1.72. The van der Waals surface area contributed by atoms with Crippen LogP contribution in [-0.2, 0) is 24.4 Å². The minimum Gasteiger partial charge on any atom is -0.349 e. The summed E-state index contributed by atoms with van der Waals surface area (Å²) in [5.74, 6) is 0.499. The molecule has 0 fully saturated rings. The molecule has 0 aliphatic carbocycles. The van der Waals surface area contributed by atoms with Crippen LogP contribution in [0.3, 0.4) is 0 Å². The Balaban J connectivity index is 1.93. The lowest BCUT2D eigenvalue weighted by Gasteiger charge is -2.02. The number of amides is 1. The number of carbonyl (C=O) groups is 1. The Morgan fingerprint density at radius 3 is 3.00 bits per heavy atom. The second kappa shape index (κ2) is 7.43. The molecule has 2 rings (SSSR count). The largest absolute Gasteiger partial charge is 0.349 e. The van der Waals surface area contributed by atoms with Gasteiger partial charge in [0.05, 0.1) is 19.3 Å². The molecular formula is C11H19N9O. The van der Waals surface area contributed by atoms with Gasteiger partial charge in [-0.1, -0.05) is 18.6 Å². The van der Waals surface area contributed by atoms with Crippen molar-refractivity contribution in [2.75, 3.05) is 6.54 Å². The molecular weight excluding hydrogens is 274 g/mol. The summed E-state index contributed by atoms with van der Waals surface area (Å²) in [5.41, 5.74) is 5.87. The summed E-state index contributed by atoms with van der Waals surface area (Å²) in [5, 5.41) is 22.2. The Labute approximate surface area is 121 Å². The van der Waals surface area contributed by atoms with Crippen molar-refractivity contribution in [2.24, 2.45) is 5.73 Å². The van der Waals surface area contributed by atoms with Gasteiger partial charge < -0.3 is 11.1 Å². The van der Waals surface area contributed by atoms with Gasteiger partial charge in [0.15, 0.2) is 5.82 Å². The number of unbranched alkanes of at least 4 members (excludes halogenated alkanes) is 1. The van der Waals surface area contributed by atoms with Gasteiger partial charge in [0.1, 0.15) is 12.2 Å². The van der Waals surface area contributed by atoms with Gasteiger partial charge >= 0.3 is 0 Å². The maximum absolute atomic E-state index is 11.1. The third kappa shape index (κ3) is 4.31. The highest BCUT2D eigenvalue weighted by Gasteiger charge is 2.09. The second-order valence-corrected chi connectivity index (χ2v) is 4.56. The Morgan fingerprint density at radius 1 is 1.38 bits per heavy atom. The first-order chi connectivity index (χ1) is 10.2. The SMILES string of the molecule is CCCCn1nnnc1Cn1cc(CNC(=O)CN)nn1. The van der Waals surface area contributed by atoms with Gasteiger partial charge in [-0.15, -0.1) is 10.2 Å². The molecule has 3 N–H and O–H groups in total. The highest BCUT2D eigenvalue weighted by Crippen LogP contribution is 2.00. The van der Waals surface area contributed by atoms with Crippen molar-refractivity contribution >= 4 is 5.91 Å². The van der Waals surface area contributed by atoms with Crippen LogP contribution < -0.4 is 11.1 Å². The first-order valence-corrected chi connectivity index (χ1v) is 6.83. The van der Waals surface area contributed by atoms with Crippen molar-refractivity contribution < 1.29 is 4.79 Å². The van der Waals surface area contributed by atoms with E-state index in [4.69, 9.17) is 5.73 Å². The van der Waals surface area contributed by atoms with Gasteiger partial charge in [-0.2, -0.15) is 0 Å². The highest BCUT2D eigenvalue weighted by atomic mass is 16.1. The molecule has 0 radical (unpaired) electrons. The van der Waals surface area contributed by atoms with E-state index >= 15 is 0 Å². The molecule has 10 heteroatoms. The van der Waals surface area contributed by atoms with Crippen molar-refractivity contribution in [2.45, 2.75) is 39.4 Å². The van der Waals surface area contributed by atoms with E-state index in [1.807, 2.05) is 0 Å². The Kier molecular flexibility index (Phi) is 5.32. The zero-order chi connectivity index (χ0) is 15.1. The van der Waals surface area contributed by atoms with E-state index < -0.39 is 0 Å². The van der Waals surface area contributed by atoms with Gasteiger partial charge in [0.2, 0.25) is 5.91 Å². The van der Waals surface area contributed by atoms with Gasteiger partial charge in [0.25, 0.3) is 0 Å². The van der Waals surface area contributed by atoms with Crippen LogP contribution in [0.4, 0.5) is 0 Å². The maximum atomic E-state index is 11.1. The molecule has 2 aromatic rings. The zero-order valence-corrected chi connectivity index (χ0v) is 11.9. The van der Waals surface area contributed by atoms with E-state index in [9.17, 15) is 4.79 Å². The third-order valence-corrected chi connectivity index (χ3v) is 2.87. The molecule has 0 aliphatic rings. The predicted octanol–water partition coefficient (Wildman–Crippen LogP) is -1.31. The monoisotopic (exact) mass is 293 g/mol. The van der Waals surface area contributed by atoms with Crippen LogP contribution in [0.5, 0.6) is 0 Å². The number of aryl methyl sites for hydroxylation is 1. The number of nitrogens with two attached hydrogens (primary N) is 1. The normalized spacial score (nSPS) is 10.8. The fourth-order valence-corrected chi connectivity index (χ4v) is 1.72. The van der Waals surface area contributed by atoms with Crippen LogP contribution in [0.1, 0.15) is 31.3 Å². The number of carbonyl (C=O) groups excluding carboxylic acids is 1. The fraction of sp³-hybridized carbons (Fsp3) is 0.636. The molecule has 1 amide bonds. The molecule has 0 saturated heterocycles. The molecule has 0 unspecified atom stereocenters. The lowest BCUT2D eigenvalue weighted by atomic mass is 10.3. The van der Waals surface area contributed by atoms with Crippen molar-refractivity contribution in [3.05, 3.63) is 17.7 Å². The molecule has 21 heavy (non-hydrogen) atoms. The summed E-state index contributed by atoms with van der Waals surface area (Å²) in [4.78, 5) is 11.1. The zero-order valence-electron chi connectivity index (χ0n) is 11.9. The van der Waals surface area contributed by atoms with Crippen molar-refractivity contribution in [3.63, 3.8) is 0 Å². The molecule has 0 saturated carbocycles. The number of hydrogen-bond acceptors (Lipinski definition) is 7. The van der Waals surface area contributed by atoms with E-state index in [2.05, 4.69) is 38.1 Å². The van der Waals surface area contributed by atoms with Gasteiger partial charge in [0, 0.05) is 6.54 Å². The molecule has 0 bridgehead atoms. The van der Waals surface area contributed by atoms with Crippen LogP contribution in [0.15, 0.2) is 6.20 Å². The van der Waals surface area contributed by atoms with E-state index in [-0.39, 0.29) is 12.5 Å². The van der Waals surface area contributed by atoms with Crippen LogP contribution in [0, 0.1) is 0 Å². The Hall–Kier alpha value is -2.36. The minimum atomic E-state index is -0.229. The summed E-state index contributed by atoms with van der Waals surface area (Å²) in [6, 6.07) is 0. The average molecular weight is 293 g/mol. The van der Waals surface area contributed by atoms with Crippen LogP contribution in [0.25, 0.3) is 0 Å². The van der Waals surface area contributed by atoms with E-state index in [1.165, 1.54) is 0 Å². The summed E-state index contributed by atoms with van der Waals surface area (Å²) < 4.78 is 3.40. The number of hydrogen-bond donors (Lipinski definition) is 2. The standard InChI is InChI=1S/C11H19N9O/c1-2-3-4-20-10(15-16-18-20)8-19-7-9(14-17-19)6-13-11(21)5-12/h7H,2-6,8,12H2,1H3,(H,13,21). The highest BCUT2D eigenvalue weighted by molar-refractivity contribution is 5.77. The lowest BCUT2D eigenvalue weighted by Crippen LogP contribution is -2.29. The first-order valence-electron chi connectivity index (χ1n) is 6.83. The van der Waals surface area contributed by atoms with Gasteiger partial charge in [-0.05, 0) is 16.8 Å². The van der Waals surface area contributed by atoms with Gasteiger partial charge in [-0.25, -0.2) is 9.36 Å². The molecule has 0 aliphatic heterocycles. The number of tetrazole rings is 1. The van der Waals surface area contributed by atoms with E-state index in [0.29, 0.717) is 18.8 Å². The average Bonchev–Trinajstić information content (AvgIpc) is 3.12. The summed E-state index contributed by atoms with van der Waals surface area (Å²) in [7, 11) is 0. The predicted molar refractivity (Wildman–Crippen MR) is 72.8 cm³/mol. The number of nitrogens with one attached hydrogen (secondary N) is 1. The van der Waals surface area contributed by atoms with E-state index in [0.717, 1.165) is 25.2 Å². The summed E-state index contributed by atoms with van der Waals surface area (Å²) >= 11 is 0. The second-order valence-electron chi connectivity index (χ2n) is 4.56. The summed E-state index contributed by atoms with van der Waals surface area (Å²) in [6.07, 6.45) is 3.84. The number of rotatable bonds is 8. The maximum Gasteiger partial charge on any atom is 0.234 e. The first kappa shape index (κ1) is 15.0. The Morgan fingerprint density at radius 2 is 2.24 bits per heavy atom. The number of nitrogens with zero attached hydrogens (tertiary/aromatic N) is 7. The smallest absolute Gasteiger partial charge is 0.234 e. The third-order valence-electron chi connectivity index (χ3n) is 2.87. The van der Waals surface area contributed by atoms with Crippen molar-refractivity contribution in [1.82, 2.24) is 40.5 Å². The van der Waals surface area contributed by atoms with E-state index in [1.54, 1.807) is 15.6 Å². The van der Waals surface area contributed by atoms with Crippen LogP contribution in [-0.4, -0.2) is 47.7 Å². The lowest BCUT2D eigenvalue weighted by molar-refractivity contribution is -0.119. The molecule has 114 valence electrons. The van der Waals surface area contributed by atoms with Gasteiger partial charge in [-0.3, -0.25) is 4.79 Å². The Bertz CT molecular complexity index is 576. The van der Waals surface area contributed by atoms with Crippen molar-refractivity contribution in [1.29, 1.82) is 0 Å². The minimum absolute atomic E-state index is 0.0413. The molecule has 2 aromatic heterocycles. The van der Waals surface area contributed by atoms with Crippen molar-refractivity contribution in [3.8, 4) is 0 Å². The molecule has 10 nitrogen and oxygen atoms in total. The molecule has 0 atom stereocenters. The molecule has 0 aromatic carbocycles. The topological polar surface area (TPSA) is 129 Å². The van der Waals surface area contributed by atoms with Crippen LogP contribution >= 0.6 is 0 Å². The molecule has 0 spiro atoms. The quantitative estimate of drug-likeness (QED) is 0.618. The van der Waals surface area contributed by atoms with Crippen LogP contribution in [0.2, 0.25) is 0 Å².